The molecule has 1 unspecified atom stereocenters. The Morgan fingerprint density at radius 3 is 2.64 bits per heavy atom. The second kappa shape index (κ2) is 4.17. The van der Waals surface area contributed by atoms with Crippen LogP contribution in [0, 0.1) is 5.41 Å². The standard InChI is InChI=1S/C11H20O3/c1-11(2,9-7-13-9)8-14-10-5-3-4-6-12-10/h9-10H,3-8H2,1-2H3/t9-,10?/m1/s1. The predicted octanol–water partition coefficient (Wildman–Crippen LogP) is 1.95. The van der Waals surface area contributed by atoms with E-state index >= 15 is 0 Å². The summed E-state index contributed by atoms with van der Waals surface area (Å²) in [5.41, 5.74) is 0.140. The molecule has 2 saturated heterocycles. The predicted molar refractivity (Wildman–Crippen MR) is 53.1 cm³/mol. The molecule has 0 spiro atoms. The van der Waals surface area contributed by atoms with Crippen LogP contribution in [-0.2, 0) is 14.2 Å². The van der Waals surface area contributed by atoms with Crippen LogP contribution in [0.4, 0.5) is 0 Å². The van der Waals surface area contributed by atoms with Gasteiger partial charge in [0.15, 0.2) is 6.29 Å². The van der Waals surface area contributed by atoms with E-state index < -0.39 is 0 Å². The van der Waals surface area contributed by atoms with Crippen molar-refractivity contribution in [3.8, 4) is 0 Å². The quantitative estimate of drug-likeness (QED) is 0.650. The number of epoxide rings is 1. The summed E-state index contributed by atoms with van der Waals surface area (Å²) in [4.78, 5) is 0. The van der Waals surface area contributed by atoms with Gasteiger partial charge in [0.2, 0.25) is 0 Å². The van der Waals surface area contributed by atoms with Gasteiger partial charge in [-0.1, -0.05) is 13.8 Å². The Labute approximate surface area is 85.7 Å². The first-order valence-electron chi connectivity index (χ1n) is 5.53. The van der Waals surface area contributed by atoms with Crippen molar-refractivity contribution in [2.24, 2.45) is 5.41 Å². The van der Waals surface area contributed by atoms with Crippen LogP contribution >= 0.6 is 0 Å². The second-order valence-corrected chi connectivity index (χ2v) is 4.92. The molecule has 0 saturated carbocycles. The van der Waals surface area contributed by atoms with Crippen LogP contribution in [0.1, 0.15) is 33.1 Å². The molecule has 82 valence electrons. The lowest BCUT2D eigenvalue weighted by Crippen LogP contribution is -2.31. The summed E-state index contributed by atoms with van der Waals surface area (Å²) in [5.74, 6) is 0. The van der Waals surface area contributed by atoms with Crippen molar-refractivity contribution in [3.63, 3.8) is 0 Å². The van der Waals surface area contributed by atoms with E-state index in [0.29, 0.717) is 6.10 Å². The smallest absolute Gasteiger partial charge is 0.157 e. The zero-order valence-electron chi connectivity index (χ0n) is 9.12. The summed E-state index contributed by atoms with van der Waals surface area (Å²) in [5, 5.41) is 0. The van der Waals surface area contributed by atoms with Crippen molar-refractivity contribution in [3.05, 3.63) is 0 Å². The molecule has 0 amide bonds. The molecule has 2 rings (SSSR count). The minimum absolute atomic E-state index is 0.0294. The van der Waals surface area contributed by atoms with E-state index in [9.17, 15) is 0 Å². The third-order valence-electron chi connectivity index (χ3n) is 2.98. The molecule has 3 heteroatoms. The first-order chi connectivity index (χ1) is 6.68. The fourth-order valence-electron chi connectivity index (χ4n) is 1.74. The molecule has 2 fully saturated rings. The van der Waals surface area contributed by atoms with Gasteiger partial charge in [-0.2, -0.15) is 0 Å². The summed E-state index contributed by atoms with van der Waals surface area (Å²) in [6, 6.07) is 0. The first-order valence-corrected chi connectivity index (χ1v) is 5.53. The Morgan fingerprint density at radius 2 is 2.07 bits per heavy atom. The maximum atomic E-state index is 5.75. The average molecular weight is 200 g/mol. The number of rotatable bonds is 4. The molecular weight excluding hydrogens is 180 g/mol. The van der Waals surface area contributed by atoms with Crippen molar-refractivity contribution in [1.82, 2.24) is 0 Å². The SMILES string of the molecule is CC(C)(COC1CCCCO1)[C@H]1CO1. The van der Waals surface area contributed by atoms with E-state index in [4.69, 9.17) is 14.2 Å². The normalized spacial score (nSPS) is 33.0. The Balaban J connectivity index is 1.69. The summed E-state index contributed by atoms with van der Waals surface area (Å²) in [6.07, 6.45) is 3.87. The molecule has 0 aromatic rings. The lowest BCUT2D eigenvalue weighted by atomic mass is 9.91. The fraction of sp³-hybridized carbons (Fsp3) is 1.00. The summed E-state index contributed by atoms with van der Waals surface area (Å²) < 4.78 is 16.5. The van der Waals surface area contributed by atoms with Gasteiger partial charge in [-0.05, 0) is 19.3 Å². The molecular formula is C11H20O3. The molecule has 0 aromatic carbocycles. The Kier molecular flexibility index (Phi) is 3.10. The van der Waals surface area contributed by atoms with E-state index in [1.54, 1.807) is 0 Å². The Hall–Kier alpha value is -0.120. The van der Waals surface area contributed by atoms with E-state index in [-0.39, 0.29) is 11.7 Å². The molecule has 14 heavy (non-hydrogen) atoms. The highest BCUT2D eigenvalue weighted by Crippen LogP contribution is 2.33. The van der Waals surface area contributed by atoms with Gasteiger partial charge in [-0.25, -0.2) is 0 Å². The molecule has 3 nitrogen and oxygen atoms in total. The minimum Gasteiger partial charge on any atom is -0.372 e. The lowest BCUT2D eigenvalue weighted by Gasteiger charge is -2.28. The highest BCUT2D eigenvalue weighted by atomic mass is 16.7. The van der Waals surface area contributed by atoms with E-state index in [0.717, 1.165) is 26.2 Å². The summed E-state index contributed by atoms with van der Waals surface area (Å²) >= 11 is 0. The average Bonchev–Trinajstić information content (AvgIpc) is 3.00. The molecule has 0 bridgehead atoms. The van der Waals surface area contributed by atoms with Gasteiger partial charge >= 0.3 is 0 Å². The number of ether oxygens (including phenoxy) is 3. The number of hydrogen-bond acceptors (Lipinski definition) is 3. The second-order valence-electron chi connectivity index (χ2n) is 4.92. The van der Waals surface area contributed by atoms with Gasteiger partial charge in [0, 0.05) is 12.0 Å². The summed E-state index contributed by atoms with van der Waals surface area (Å²) in [6.45, 7) is 6.86. The van der Waals surface area contributed by atoms with Gasteiger partial charge in [0.05, 0.1) is 19.3 Å². The van der Waals surface area contributed by atoms with Crippen LogP contribution in [0.2, 0.25) is 0 Å². The molecule has 0 aliphatic carbocycles. The van der Waals surface area contributed by atoms with Crippen LogP contribution in [0.25, 0.3) is 0 Å². The van der Waals surface area contributed by atoms with Crippen molar-refractivity contribution < 1.29 is 14.2 Å². The maximum Gasteiger partial charge on any atom is 0.157 e. The van der Waals surface area contributed by atoms with Crippen molar-refractivity contribution in [2.75, 3.05) is 19.8 Å². The minimum atomic E-state index is 0.0294. The van der Waals surface area contributed by atoms with Gasteiger partial charge in [-0.3, -0.25) is 0 Å². The van der Waals surface area contributed by atoms with Gasteiger partial charge in [0.1, 0.15) is 0 Å². The van der Waals surface area contributed by atoms with Gasteiger partial charge in [-0.15, -0.1) is 0 Å². The van der Waals surface area contributed by atoms with Crippen LogP contribution in [0.3, 0.4) is 0 Å². The Morgan fingerprint density at radius 1 is 1.29 bits per heavy atom. The highest BCUT2D eigenvalue weighted by Gasteiger charge is 2.40. The first kappa shape index (κ1) is 10.4. The van der Waals surface area contributed by atoms with Crippen molar-refractivity contribution in [1.29, 1.82) is 0 Å². The van der Waals surface area contributed by atoms with Crippen molar-refractivity contribution >= 4 is 0 Å². The maximum absolute atomic E-state index is 5.75. The fourth-order valence-corrected chi connectivity index (χ4v) is 1.74. The zero-order chi connectivity index (χ0) is 10.0. The van der Waals surface area contributed by atoms with E-state index in [1.807, 2.05) is 0 Å². The van der Waals surface area contributed by atoms with Crippen LogP contribution in [-0.4, -0.2) is 32.2 Å². The topological polar surface area (TPSA) is 31.0 Å². The molecule has 2 aliphatic heterocycles. The van der Waals surface area contributed by atoms with Crippen molar-refractivity contribution in [2.45, 2.75) is 45.5 Å². The van der Waals surface area contributed by atoms with Crippen LogP contribution in [0.15, 0.2) is 0 Å². The molecule has 2 atom stereocenters. The van der Waals surface area contributed by atoms with Gasteiger partial charge < -0.3 is 14.2 Å². The third kappa shape index (κ3) is 2.69. The Bertz CT molecular complexity index is 181. The lowest BCUT2D eigenvalue weighted by molar-refractivity contribution is -0.177. The molecule has 2 aliphatic rings. The monoisotopic (exact) mass is 200 g/mol. The molecule has 0 radical (unpaired) electrons. The van der Waals surface area contributed by atoms with E-state index in [2.05, 4.69) is 13.8 Å². The summed E-state index contributed by atoms with van der Waals surface area (Å²) in [7, 11) is 0. The highest BCUT2D eigenvalue weighted by molar-refractivity contribution is 4.86. The van der Waals surface area contributed by atoms with Crippen LogP contribution < -0.4 is 0 Å². The van der Waals surface area contributed by atoms with Gasteiger partial charge in [0.25, 0.3) is 0 Å². The zero-order valence-corrected chi connectivity index (χ0v) is 9.12. The largest absolute Gasteiger partial charge is 0.372 e. The molecule has 0 aromatic heterocycles. The third-order valence-corrected chi connectivity index (χ3v) is 2.98. The molecule has 0 N–H and O–H groups in total. The van der Waals surface area contributed by atoms with Crippen LogP contribution in [0.5, 0.6) is 0 Å². The van der Waals surface area contributed by atoms with E-state index in [1.165, 1.54) is 12.8 Å². The molecule has 2 heterocycles. The number of hydrogen-bond donors (Lipinski definition) is 0.